The molecule has 0 saturated carbocycles. The van der Waals surface area contributed by atoms with Crippen molar-refractivity contribution < 1.29 is 10.4 Å². The summed E-state index contributed by atoms with van der Waals surface area (Å²) >= 11 is 0. The summed E-state index contributed by atoms with van der Waals surface area (Å²) in [6, 6.07) is 0. The topological polar surface area (TPSA) is 36.8 Å². The molecule has 2 heteroatoms. The van der Waals surface area contributed by atoms with Crippen molar-refractivity contribution in [2.24, 2.45) is 0 Å². The van der Waals surface area contributed by atoms with E-state index >= 15 is 0 Å². The Hall–Kier alpha value is -0.0800. The molecule has 12 heavy (non-hydrogen) atoms. The van der Waals surface area contributed by atoms with E-state index in [0.29, 0.717) is 6.61 Å². The fourth-order valence-corrected chi connectivity index (χ4v) is 1.34. The van der Waals surface area contributed by atoms with Crippen molar-refractivity contribution in [1.29, 1.82) is 0 Å². The van der Waals surface area contributed by atoms with Gasteiger partial charge in [0.25, 0.3) is 0 Å². The first kappa shape index (κ1) is 11.9. The molecule has 0 aliphatic carbocycles. The monoisotopic (exact) mass is 174 g/mol. The van der Waals surface area contributed by atoms with Gasteiger partial charge in [-0.3, -0.25) is 0 Å². The molecule has 0 spiro atoms. The number of quaternary nitrogens is 1. The van der Waals surface area contributed by atoms with E-state index in [9.17, 15) is 0 Å². The van der Waals surface area contributed by atoms with Crippen LogP contribution in [0.1, 0.15) is 44.9 Å². The minimum atomic E-state index is 0.366. The molecule has 0 unspecified atom stereocenters. The van der Waals surface area contributed by atoms with Crippen molar-refractivity contribution in [3.63, 3.8) is 0 Å². The summed E-state index contributed by atoms with van der Waals surface area (Å²) in [5.41, 5.74) is 0. The number of aliphatic hydroxyl groups is 1. The lowest BCUT2D eigenvalue weighted by atomic mass is 10.1. The Morgan fingerprint density at radius 2 is 1.33 bits per heavy atom. The van der Waals surface area contributed by atoms with Gasteiger partial charge in [0, 0.05) is 6.61 Å². The summed E-state index contributed by atoms with van der Waals surface area (Å²) in [6.45, 7) is 1.64. The number of aliphatic hydroxyl groups excluding tert-OH is 1. The van der Waals surface area contributed by atoms with Crippen molar-refractivity contribution in [2.75, 3.05) is 20.2 Å². The molecule has 0 amide bonds. The lowest BCUT2D eigenvalue weighted by molar-refractivity contribution is -0.627. The molecule has 0 bridgehead atoms. The lowest BCUT2D eigenvalue weighted by Gasteiger charge is -1.99. The van der Waals surface area contributed by atoms with Crippen molar-refractivity contribution in [3.8, 4) is 0 Å². The maximum Gasteiger partial charge on any atom is 0.0753 e. The van der Waals surface area contributed by atoms with Gasteiger partial charge in [-0.05, 0) is 19.3 Å². The molecule has 0 fully saturated rings. The fourth-order valence-electron chi connectivity index (χ4n) is 1.34. The quantitative estimate of drug-likeness (QED) is 0.501. The Bertz CT molecular complexity index is 66.2. The molecule has 2 nitrogen and oxygen atoms in total. The van der Waals surface area contributed by atoms with Crippen LogP contribution in [0.15, 0.2) is 0 Å². The van der Waals surface area contributed by atoms with Gasteiger partial charge in [-0.1, -0.05) is 25.7 Å². The van der Waals surface area contributed by atoms with E-state index in [1.165, 1.54) is 45.1 Å². The molecule has 3 N–H and O–H groups in total. The SMILES string of the molecule is C[NH2+]CCCCCCCCCO. The molecule has 0 aliphatic heterocycles. The van der Waals surface area contributed by atoms with Gasteiger partial charge >= 0.3 is 0 Å². The van der Waals surface area contributed by atoms with E-state index in [0.717, 1.165) is 6.42 Å². The largest absolute Gasteiger partial charge is 0.396 e. The number of rotatable bonds is 9. The highest BCUT2D eigenvalue weighted by molar-refractivity contribution is 4.44. The van der Waals surface area contributed by atoms with Crippen LogP contribution in [0.3, 0.4) is 0 Å². The molecule has 0 atom stereocenters. The normalized spacial score (nSPS) is 10.5. The highest BCUT2D eigenvalue weighted by Gasteiger charge is 1.91. The maximum absolute atomic E-state index is 8.53. The molecule has 0 aliphatic rings. The van der Waals surface area contributed by atoms with E-state index in [4.69, 9.17) is 5.11 Å². The predicted molar refractivity (Wildman–Crippen MR) is 52.1 cm³/mol. The van der Waals surface area contributed by atoms with Gasteiger partial charge in [-0.2, -0.15) is 0 Å². The molecule has 0 heterocycles. The minimum Gasteiger partial charge on any atom is -0.396 e. The first-order valence-electron chi connectivity index (χ1n) is 5.30. The van der Waals surface area contributed by atoms with Crippen LogP contribution in [-0.4, -0.2) is 25.3 Å². The van der Waals surface area contributed by atoms with Gasteiger partial charge in [0.1, 0.15) is 0 Å². The molecular weight excluding hydrogens is 150 g/mol. The second-order valence-corrected chi connectivity index (χ2v) is 3.40. The Morgan fingerprint density at radius 3 is 1.83 bits per heavy atom. The van der Waals surface area contributed by atoms with Gasteiger partial charge in [-0.15, -0.1) is 0 Å². The maximum atomic E-state index is 8.53. The lowest BCUT2D eigenvalue weighted by Crippen LogP contribution is -2.79. The molecular formula is C10H24NO+. The van der Waals surface area contributed by atoms with Crippen LogP contribution in [0.25, 0.3) is 0 Å². The molecule has 0 rings (SSSR count). The van der Waals surface area contributed by atoms with Crippen molar-refractivity contribution in [3.05, 3.63) is 0 Å². The van der Waals surface area contributed by atoms with E-state index in [1.54, 1.807) is 0 Å². The van der Waals surface area contributed by atoms with E-state index < -0.39 is 0 Å². The molecule has 0 aromatic heterocycles. The second-order valence-electron chi connectivity index (χ2n) is 3.40. The first-order valence-corrected chi connectivity index (χ1v) is 5.30. The van der Waals surface area contributed by atoms with Crippen molar-refractivity contribution >= 4 is 0 Å². The second kappa shape index (κ2) is 10.9. The van der Waals surface area contributed by atoms with Crippen molar-refractivity contribution in [2.45, 2.75) is 44.9 Å². The van der Waals surface area contributed by atoms with Crippen LogP contribution in [0.4, 0.5) is 0 Å². The third kappa shape index (κ3) is 9.92. The van der Waals surface area contributed by atoms with E-state index in [-0.39, 0.29) is 0 Å². The Kier molecular flexibility index (Phi) is 10.8. The molecule has 74 valence electrons. The summed E-state index contributed by atoms with van der Waals surface area (Å²) in [5.74, 6) is 0. The zero-order valence-electron chi connectivity index (χ0n) is 8.39. The zero-order valence-corrected chi connectivity index (χ0v) is 8.39. The number of hydrogen-bond donors (Lipinski definition) is 2. The average molecular weight is 174 g/mol. The molecule has 0 saturated heterocycles. The third-order valence-electron chi connectivity index (χ3n) is 2.15. The van der Waals surface area contributed by atoms with Gasteiger partial charge in [0.05, 0.1) is 13.6 Å². The Morgan fingerprint density at radius 1 is 0.833 bits per heavy atom. The number of unbranched alkanes of at least 4 members (excludes halogenated alkanes) is 6. The van der Waals surface area contributed by atoms with Crippen LogP contribution in [0.2, 0.25) is 0 Å². The minimum absolute atomic E-state index is 0.366. The zero-order chi connectivity index (χ0) is 9.07. The van der Waals surface area contributed by atoms with Crippen molar-refractivity contribution in [1.82, 2.24) is 0 Å². The van der Waals surface area contributed by atoms with Crippen LogP contribution in [0, 0.1) is 0 Å². The standard InChI is InChI=1S/C10H23NO/c1-11-9-7-5-3-2-4-6-8-10-12/h11-12H,2-10H2,1H3/p+1. The van der Waals surface area contributed by atoms with E-state index in [1.807, 2.05) is 0 Å². The third-order valence-corrected chi connectivity index (χ3v) is 2.15. The van der Waals surface area contributed by atoms with Gasteiger partial charge in [0.2, 0.25) is 0 Å². The number of nitrogens with two attached hydrogens (primary N) is 1. The summed E-state index contributed by atoms with van der Waals surface area (Å²) < 4.78 is 0. The van der Waals surface area contributed by atoms with Crippen LogP contribution in [0.5, 0.6) is 0 Å². The van der Waals surface area contributed by atoms with Crippen LogP contribution >= 0.6 is 0 Å². The first-order chi connectivity index (χ1) is 5.91. The summed E-state index contributed by atoms with van der Waals surface area (Å²) in [5, 5.41) is 10.8. The Balaban J connectivity index is 2.73. The molecule has 0 aromatic carbocycles. The average Bonchev–Trinajstić information content (AvgIpc) is 2.10. The molecule has 0 radical (unpaired) electrons. The summed E-state index contributed by atoms with van der Waals surface area (Å²) in [6.07, 6.45) is 8.96. The predicted octanol–water partition coefficient (Wildman–Crippen LogP) is 0.903. The fraction of sp³-hybridized carbons (Fsp3) is 1.00. The number of hydrogen-bond acceptors (Lipinski definition) is 1. The highest BCUT2D eigenvalue weighted by Crippen LogP contribution is 2.05. The van der Waals surface area contributed by atoms with Crippen LogP contribution in [-0.2, 0) is 0 Å². The van der Waals surface area contributed by atoms with Gasteiger partial charge in [-0.25, -0.2) is 0 Å². The smallest absolute Gasteiger partial charge is 0.0753 e. The summed E-state index contributed by atoms with van der Waals surface area (Å²) in [7, 11) is 2.13. The van der Waals surface area contributed by atoms with Gasteiger partial charge < -0.3 is 10.4 Å². The Labute approximate surface area is 76.4 Å². The highest BCUT2D eigenvalue weighted by atomic mass is 16.2. The van der Waals surface area contributed by atoms with Gasteiger partial charge in [0.15, 0.2) is 0 Å². The van der Waals surface area contributed by atoms with Crippen LogP contribution < -0.4 is 5.32 Å². The molecule has 0 aromatic rings. The summed E-state index contributed by atoms with van der Waals surface area (Å²) in [4.78, 5) is 0. The van der Waals surface area contributed by atoms with E-state index in [2.05, 4.69) is 12.4 Å².